The molecule has 27 heavy (non-hydrogen) atoms. The van der Waals surface area contributed by atoms with Crippen molar-refractivity contribution < 1.29 is 24.2 Å². The first-order chi connectivity index (χ1) is 13.1. The fourth-order valence-electron chi connectivity index (χ4n) is 2.87. The lowest BCUT2D eigenvalue weighted by atomic mass is 10.1. The average Bonchev–Trinajstić information content (AvgIpc) is 2.95. The van der Waals surface area contributed by atoms with Crippen LogP contribution in [0.2, 0.25) is 0 Å². The highest BCUT2D eigenvalue weighted by Gasteiger charge is 2.38. The number of hydrogen-bond donors (Lipinski definition) is 2. The van der Waals surface area contributed by atoms with E-state index in [1.807, 2.05) is 30.3 Å². The Hall–Kier alpha value is -3.06. The van der Waals surface area contributed by atoms with E-state index in [0.717, 1.165) is 10.5 Å². The first-order valence-corrected chi connectivity index (χ1v) is 8.67. The number of methoxy groups -OCH3 is 1. The Morgan fingerprint density at radius 2 is 1.74 bits per heavy atom. The van der Waals surface area contributed by atoms with Gasteiger partial charge in [0.15, 0.2) is 0 Å². The lowest BCUT2D eigenvalue weighted by Crippen LogP contribution is -2.40. The van der Waals surface area contributed by atoms with E-state index in [-0.39, 0.29) is 19.1 Å². The number of benzene rings is 2. The predicted molar refractivity (Wildman–Crippen MR) is 98.7 cm³/mol. The number of aliphatic hydroxyl groups is 1. The molecule has 7 heteroatoms. The molecule has 0 aliphatic carbocycles. The highest BCUT2D eigenvalue weighted by molar-refractivity contribution is 6.04. The van der Waals surface area contributed by atoms with Gasteiger partial charge < -0.3 is 19.9 Å². The number of carbonyl (C=O) groups is 2. The third kappa shape index (κ3) is 4.77. The molecule has 1 saturated heterocycles. The van der Waals surface area contributed by atoms with Gasteiger partial charge in [0.2, 0.25) is 0 Å². The van der Waals surface area contributed by atoms with Crippen LogP contribution in [0, 0.1) is 0 Å². The average molecular weight is 370 g/mol. The van der Waals surface area contributed by atoms with Crippen molar-refractivity contribution in [2.75, 3.05) is 20.3 Å². The van der Waals surface area contributed by atoms with Crippen LogP contribution in [0.15, 0.2) is 54.6 Å². The van der Waals surface area contributed by atoms with Crippen LogP contribution >= 0.6 is 0 Å². The predicted octanol–water partition coefficient (Wildman–Crippen LogP) is 1.60. The van der Waals surface area contributed by atoms with Crippen molar-refractivity contribution in [2.45, 2.75) is 18.6 Å². The van der Waals surface area contributed by atoms with E-state index in [0.29, 0.717) is 17.9 Å². The summed E-state index contributed by atoms with van der Waals surface area (Å²) in [7, 11) is 1.57. The Labute approximate surface area is 157 Å². The van der Waals surface area contributed by atoms with Gasteiger partial charge in [-0.3, -0.25) is 9.69 Å². The molecule has 2 atom stereocenters. The molecule has 7 nitrogen and oxygen atoms in total. The molecule has 2 aromatic rings. The number of nitrogens with zero attached hydrogens (tertiary/aromatic N) is 1. The molecular weight excluding hydrogens is 348 g/mol. The summed E-state index contributed by atoms with van der Waals surface area (Å²) in [6.07, 6.45) is -0.572. The second-order valence-corrected chi connectivity index (χ2v) is 6.28. The van der Waals surface area contributed by atoms with E-state index in [9.17, 15) is 14.7 Å². The van der Waals surface area contributed by atoms with Gasteiger partial charge in [0.25, 0.3) is 5.91 Å². The summed E-state index contributed by atoms with van der Waals surface area (Å²) in [6.45, 7) is -0.154. The quantitative estimate of drug-likeness (QED) is 0.689. The molecule has 2 unspecified atom stereocenters. The lowest BCUT2D eigenvalue weighted by Gasteiger charge is -2.18. The minimum absolute atomic E-state index is 0.0350. The zero-order valence-corrected chi connectivity index (χ0v) is 15.0. The van der Waals surface area contributed by atoms with E-state index in [1.165, 1.54) is 0 Å². The Morgan fingerprint density at radius 1 is 1.07 bits per heavy atom. The van der Waals surface area contributed by atoms with E-state index in [2.05, 4.69) is 5.32 Å². The number of aliphatic hydroxyl groups excluding tert-OH is 1. The van der Waals surface area contributed by atoms with Gasteiger partial charge in [-0.05, 0) is 29.8 Å². The standard InChI is InChI=1S/C20H22N2O5/c1-26-16-7-9-17(10-8-16)27-13-15(23)12-22-19(24)18(21-20(22)25)11-14-5-3-2-4-6-14/h2-10,15,18,23H,11-13H2,1H3,(H,21,25). The van der Waals surface area contributed by atoms with Gasteiger partial charge >= 0.3 is 6.03 Å². The number of urea groups is 1. The summed E-state index contributed by atoms with van der Waals surface area (Å²) in [4.78, 5) is 25.6. The number of nitrogens with one attached hydrogen (secondary N) is 1. The van der Waals surface area contributed by atoms with Gasteiger partial charge in [-0.25, -0.2) is 4.79 Å². The van der Waals surface area contributed by atoms with Crippen molar-refractivity contribution in [1.82, 2.24) is 10.2 Å². The van der Waals surface area contributed by atoms with Crippen LogP contribution < -0.4 is 14.8 Å². The van der Waals surface area contributed by atoms with E-state index in [4.69, 9.17) is 9.47 Å². The van der Waals surface area contributed by atoms with Crippen LogP contribution in [-0.4, -0.2) is 54.4 Å². The number of β-amino-alcohol motifs (C(OH)–C–C–N with tert-alkyl or cyclic N) is 1. The molecule has 142 valence electrons. The Bertz CT molecular complexity index is 779. The lowest BCUT2D eigenvalue weighted by molar-refractivity contribution is -0.128. The van der Waals surface area contributed by atoms with Gasteiger partial charge in [-0.1, -0.05) is 30.3 Å². The van der Waals surface area contributed by atoms with Crippen LogP contribution in [0.4, 0.5) is 4.79 Å². The molecule has 3 amide bonds. The smallest absolute Gasteiger partial charge is 0.324 e. The van der Waals surface area contributed by atoms with Crippen molar-refractivity contribution in [3.05, 3.63) is 60.2 Å². The third-order valence-electron chi connectivity index (χ3n) is 4.28. The molecule has 1 aliphatic rings. The van der Waals surface area contributed by atoms with E-state index >= 15 is 0 Å². The minimum atomic E-state index is -0.989. The minimum Gasteiger partial charge on any atom is -0.497 e. The Morgan fingerprint density at radius 3 is 2.41 bits per heavy atom. The number of carbonyl (C=O) groups excluding carboxylic acids is 2. The fourth-order valence-corrected chi connectivity index (χ4v) is 2.87. The number of ether oxygens (including phenoxy) is 2. The van der Waals surface area contributed by atoms with Crippen LogP contribution in [-0.2, 0) is 11.2 Å². The van der Waals surface area contributed by atoms with Crippen LogP contribution in [0.1, 0.15) is 5.56 Å². The third-order valence-corrected chi connectivity index (χ3v) is 4.28. The molecule has 2 aromatic carbocycles. The molecule has 1 aliphatic heterocycles. The zero-order chi connectivity index (χ0) is 19.2. The highest BCUT2D eigenvalue weighted by Crippen LogP contribution is 2.17. The zero-order valence-electron chi connectivity index (χ0n) is 15.0. The maximum atomic E-state index is 12.5. The van der Waals surface area contributed by atoms with Gasteiger partial charge in [0.1, 0.15) is 30.3 Å². The monoisotopic (exact) mass is 370 g/mol. The normalized spacial score (nSPS) is 17.6. The van der Waals surface area contributed by atoms with Gasteiger partial charge in [0.05, 0.1) is 13.7 Å². The Balaban J connectivity index is 1.51. The van der Waals surface area contributed by atoms with Gasteiger partial charge in [-0.2, -0.15) is 0 Å². The number of rotatable bonds is 8. The molecule has 0 bridgehead atoms. The second kappa shape index (κ2) is 8.55. The second-order valence-electron chi connectivity index (χ2n) is 6.28. The summed E-state index contributed by atoms with van der Waals surface area (Å²) in [5.41, 5.74) is 0.960. The van der Waals surface area contributed by atoms with Crippen molar-refractivity contribution in [1.29, 1.82) is 0 Å². The number of amides is 3. The molecular formula is C20H22N2O5. The van der Waals surface area contributed by atoms with E-state index < -0.39 is 18.2 Å². The van der Waals surface area contributed by atoms with Crippen molar-refractivity contribution in [3.8, 4) is 11.5 Å². The van der Waals surface area contributed by atoms with E-state index in [1.54, 1.807) is 31.4 Å². The first kappa shape index (κ1) is 18.7. The molecule has 0 spiro atoms. The van der Waals surface area contributed by atoms with Crippen LogP contribution in [0.5, 0.6) is 11.5 Å². The summed E-state index contributed by atoms with van der Waals surface area (Å²) in [5, 5.41) is 12.8. The highest BCUT2D eigenvalue weighted by atomic mass is 16.5. The van der Waals surface area contributed by atoms with Crippen LogP contribution in [0.3, 0.4) is 0 Å². The van der Waals surface area contributed by atoms with Crippen LogP contribution in [0.25, 0.3) is 0 Å². The summed E-state index contributed by atoms with van der Waals surface area (Å²) >= 11 is 0. The SMILES string of the molecule is COc1ccc(OCC(O)CN2C(=O)NC(Cc3ccccc3)C2=O)cc1. The maximum absolute atomic E-state index is 12.5. The van der Waals surface area contributed by atoms with Crippen molar-refractivity contribution >= 4 is 11.9 Å². The molecule has 1 heterocycles. The fraction of sp³-hybridized carbons (Fsp3) is 0.300. The summed E-state index contributed by atoms with van der Waals surface area (Å²) in [6, 6.07) is 15.3. The molecule has 0 saturated carbocycles. The largest absolute Gasteiger partial charge is 0.497 e. The summed E-state index contributed by atoms with van der Waals surface area (Å²) in [5.74, 6) is 0.924. The molecule has 2 N–H and O–H groups in total. The maximum Gasteiger partial charge on any atom is 0.324 e. The molecule has 0 aromatic heterocycles. The van der Waals surface area contributed by atoms with Crippen molar-refractivity contribution in [2.24, 2.45) is 0 Å². The molecule has 0 radical (unpaired) electrons. The van der Waals surface area contributed by atoms with Crippen molar-refractivity contribution in [3.63, 3.8) is 0 Å². The van der Waals surface area contributed by atoms with Gasteiger partial charge in [0, 0.05) is 6.42 Å². The van der Waals surface area contributed by atoms with Gasteiger partial charge in [-0.15, -0.1) is 0 Å². The molecule has 3 rings (SSSR count). The first-order valence-electron chi connectivity index (χ1n) is 8.67. The topological polar surface area (TPSA) is 88.1 Å². The number of imide groups is 1. The summed E-state index contributed by atoms with van der Waals surface area (Å²) < 4.78 is 10.6. The number of hydrogen-bond acceptors (Lipinski definition) is 5. The molecule has 1 fully saturated rings. The Kier molecular flexibility index (Phi) is 5.93.